The highest BCUT2D eigenvalue weighted by atomic mass is 32.2. The summed E-state index contributed by atoms with van der Waals surface area (Å²) in [5.74, 6) is 0.515. The molecule has 1 aromatic carbocycles. The molecule has 0 spiro atoms. The zero-order chi connectivity index (χ0) is 13.8. The lowest BCUT2D eigenvalue weighted by Gasteiger charge is -2.08. The van der Waals surface area contributed by atoms with Crippen molar-refractivity contribution in [3.8, 4) is 0 Å². The number of rotatable bonds is 4. The monoisotopic (exact) mass is 276 g/mol. The molecule has 0 atom stereocenters. The number of aromatic nitrogens is 1. The molecule has 0 saturated carbocycles. The molecule has 2 aromatic rings. The van der Waals surface area contributed by atoms with Crippen LogP contribution in [0.3, 0.4) is 0 Å². The van der Waals surface area contributed by atoms with Crippen LogP contribution >= 0.6 is 11.8 Å². The molecule has 0 unspecified atom stereocenters. The second-order valence-corrected chi connectivity index (χ2v) is 5.53. The predicted molar refractivity (Wildman–Crippen MR) is 77.6 cm³/mol. The first-order chi connectivity index (χ1) is 9.08. The van der Waals surface area contributed by atoms with Crippen molar-refractivity contribution in [2.24, 2.45) is 5.73 Å². The van der Waals surface area contributed by atoms with Crippen molar-refractivity contribution in [2.45, 2.75) is 31.2 Å². The molecule has 0 bridgehead atoms. The summed E-state index contributed by atoms with van der Waals surface area (Å²) in [4.78, 5) is 4.48. The minimum absolute atomic E-state index is 0.237. The Balaban J connectivity index is 2.14. The van der Waals surface area contributed by atoms with Crippen molar-refractivity contribution < 1.29 is 4.39 Å². The second-order valence-electron chi connectivity index (χ2n) is 4.53. The Kier molecular flexibility index (Phi) is 4.56. The molecule has 4 heteroatoms. The van der Waals surface area contributed by atoms with E-state index in [1.807, 2.05) is 13.0 Å². The third kappa shape index (κ3) is 3.78. The molecule has 0 fully saturated rings. The van der Waals surface area contributed by atoms with Crippen LogP contribution in [0.25, 0.3) is 0 Å². The van der Waals surface area contributed by atoms with Crippen molar-refractivity contribution in [1.29, 1.82) is 0 Å². The van der Waals surface area contributed by atoms with Gasteiger partial charge in [-0.2, -0.15) is 0 Å². The first-order valence-electron chi connectivity index (χ1n) is 6.14. The quantitative estimate of drug-likeness (QED) is 0.867. The fourth-order valence-electron chi connectivity index (χ4n) is 1.96. The molecule has 0 saturated heterocycles. The van der Waals surface area contributed by atoms with Gasteiger partial charge >= 0.3 is 0 Å². The van der Waals surface area contributed by atoms with Crippen LogP contribution in [0.2, 0.25) is 0 Å². The first-order valence-corrected chi connectivity index (χ1v) is 7.12. The van der Waals surface area contributed by atoms with Gasteiger partial charge in [0.2, 0.25) is 0 Å². The number of thioether (sulfide) groups is 1. The highest BCUT2D eigenvalue weighted by Crippen LogP contribution is 2.24. The summed E-state index contributed by atoms with van der Waals surface area (Å²) >= 11 is 1.65. The van der Waals surface area contributed by atoms with E-state index in [0.29, 0.717) is 6.54 Å². The van der Waals surface area contributed by atoms with Gasteiger partial charge in [0.1, 0.15) is 5.82 Å². The summed E-state index contributed by atoms with van der Waals surface area (Å²) in [5.41, 5.74) is 9.78. The Labute approximate surface area is 117 Å². The maximum Gasteiger partial charge on any atom is 0.123 e. The number of hydrogen-bond donors (Lipinski definition) is 1. The fourth-order valence-corrected chi connectivity index (χ4v) is 3.02. The normalized spacial score (nSPS) is 10.7. The first kappa shape index (κ1) is 14.0. The van der Waals surface area contributed by atoms with Gasteiger partial charge in [-0.05, 0) is 54.8 Å². The van der Waals surface area contributed by atoms with E-state index in [2.05, 4.69) is 18.0 Å². The van der Waals surface area contributed by atoms with Gasteiger partial charge in [-0.1, -0.05) is 6.07 Å². The summed E-state index contributed by atoms with van der Waals surface area (Å²) in [5, 5.41) is 0.991. The van der Waals surface area contributed by atoms with Crippen LogP contribution in [0.4, 0.5) is 4.39 Å². The number of pyridine rings is 1. The molecule has 0 radical (unpaired) electrons. The number of nitrogens with zero attached hydrogens (tertiary/aromatic N) is 1. The number of halogens is 1. The topological polar surface area (TPSA) is 38.9 Å². The summed E-state index contributed by atoms with van der Waals surface area (Å²) in [6.07, 6.45) is 0. The predicted octanol–water partition coefficient (Wildman–Crippen LogP) is 3.59. The third-order valence-electron chi connectivity index (χ3n) is 2.84. The van der Waals surface area contributed by atoms with E-state index >= 15 is 0 Å². The van der Waals surface area contributed by atoms with Crippen LogP contribution in [0.15, 0.2) is 35.4 Å². The van der Waals surface area contributed by atoms with Gasteiger partial charge in [-0.15, -0.1) is 11.8 Å². The largest absolute Gasteiger partial charge is 0.326 e. The van der Waals surface area contributed by atoms with Crippen LogP contribution in [-0.2, 0) is 12.3 Å². The van der Waals surface area contributed by atoms with E-state index in [9.17, 15) is 4.39 Å². The zero-order valence-electron chi connectivity index (χ0n) is 11.1. The van der Waals surface area contributed by atoms with Gasteiger partial charge in [-0.3, -0.25) is 0 Å². The number of benzene rings is 1. The highest BCUT2D eigenvalue weighted by Gasteiger charge is 2.05. The summed E-state index contributed by atoms with van der Waals surface area (Å²) < 4.78 is 13.1. The van der Waals surface area contributed by atoms with E-state index < -0.39 is 0 Å². The number of hydrogen-bond acceptors (Lipinski definition) is 3. The van der Waals surface area contributed by atoms with Crippen LogP contribution in [0.5, 0.6) is 0 Å². The molecular weight excluding hydrogens is 259 g/mol. The van der Waals surface area contributed by atoms with Crippen molar-refractivity contribution >= 4 is 11.8 Å². The van der Waals surface area contributed by atoms with E-state index in [-0.39, 0.29) is 5.82 Å². The minimum atomic E-state index is -0.237. The molecular formula is C15H17FN2S. The highest BCUT2D eigenvalue weighted by molar-refractivity contribution is 7.98. The smallest absolute Gasteiger partial charge is 0.123 e. The van der Waals surface area contributed by atoms with Gasteiger partial charge in [0, 0.05) is 18.0 Å². The van der Waals surface area contributed by atoms with Crippen LogP contribution in [0, 0.1) is 19.7 Å². The SMILES string of the molecule is Cc1cc(C)nc(SCc2ccc(F)cc2CN)c1. The molecule has 19 heavy (non-hydrogen) atoms. The molecule has 0 aliphatic heterocycles. The lowest BCUT2D eigenvalue weighted by molar-refractivity contribution is 0.624. The maximum absolute atomic E-state index is 13.1. The van der Waals surface area contributed by atoms with Crippen molar-refractivity contribution in [3.05, 3.63) is 58.5 Å². The molecule has 2 rings (SSSR count). The van der Waals surface area contributed by atoms with Gasteiger partial charge in [-0.25, -0.2) is 9.37 Å². The van der Waals surface area contributed by atoms with E-state index in [4.69, 9.17) is 5.73 Å². The van der Waals surface area contributed by atoms with Crippen LogP contribution < -0.4 is 5.73 Å². The minimum Gasteiger partial charge on any atom is -0.326 e. The lowest BCUT2D eigenvalue weighted by Crippen LogP contribution is -2.01. The van der Waals surface area contributed by atoms with Crippen molar-refractivity contribution in [3.63, 3.8) is 0 Å². The second kappa shape index (κ2) is 6.17. The Bertz CT molecular complexity index is 564. The number of aryl methyl sites for hydroxylation is 2. The van der Waals surface area contributed by atoms with Gasteiger partial charge in [0.25, 0.3) is 0 Å². The van der Waals surface area contributed by atoms with Gasteiger partial charge in [0.05, 0.1) is 5.03 Å². The summed E-state index contributed by atoms with van der Waals surface area (Å²) in [7, 11) is 0. The Hall–Kier alpha value is -1.39. The molecule has 0 aliphatic carbocycles. The molecule has 0 aliphatic rings. The van der Waals surface area contributed by atoms with Crippen LogP contribution in [-0.4, -0.2) is 4.98 Å². The van der Waals surface area contributed by atoms with E-state index in [1.54, 1.807) is 17.8 Å². The fraction of sp³-hybridized carbons (Fsp3) is 0.267. The molecule has 2 nitrogen and oxygen atoms in total. The van der Waals surface area contributed by atoms with E-state index in [1.165, 1.54) is 17.7 Å². The van der Waals surface area contributed by atoms with Crippen molar-refractivity contribution in [2.75, 3.05) is 0 Å². The molecule has 1 heterocycles. The molecule has 100 valence electrons. The molecule has 0 amide bonds. The molecule has 1 aromatic heterocycles. The summed E-state index contributed by atoms with van der Waals surface area (Å²) in [6, 6.07) is 8.89. The molecule has 2 N–H and O–H groups in total. The average molecular weight is 276 g/mol. The van der Waals surface area contributed by atoms with Crippen molar-refractivity contribution in [1.82, 2.24) is 4.98 Å². The maximum atomic E-state index is 13.1. The summed E-state index contributed by atoms with van der Waals surface area (Å²) in [6.45, 7) is 4.40. The number of nitrogens with two attached hydrogens (primary N) is 1. The average Bonchev–Trinajstić information content (AvgIpc) is 2.36. The van der Waals surface area contributed by atoms with Gasteiger partial charge < -0.3 is 5.73 Å². The Morgan fingerprint density at radius 3 is 2.63 bits per heavy atom. The van der Waals surface area contributed by atoms with Gasteiger partial charge in [0.15, 0.2) is 0 Å². The Morgan fingerprint density at radius 2 is 1.95 bits per heavy atom. The third-order valence-corrected chi connectivity index (χ3v) is 3.80. The zero-order valence-corrected chi connectivity index (χ0v) is 11.9. The Morgan fingerprint density at radius 1 is 1.16 bits per heavy atom. The van der Waals surface area contributed by atoms with E-state index in [0.717, 1.165) is 27.6 Å². The standard InChI is InChI=1S/C15H17FN2S/c1-10-5-11(2)18-15(6-10)19-9-12-3-4-14(16)7-13(12)8-17/h3-7H,8-9,17H2,1-2H3. The lowest BCUT2D eigenvalue weighted by atomic mass is 10.1. The van der Waals surface area contributed by atoms with Crippen LogP contribution in [0.1, 0.15) is 22.4 Å².